The average Bonchev–Trinajstić information content (AvgIpc) is 2.81. The first-order chi connectivity index (χ1) is 8.85. The van der Waals surface area contributed by atoms with Gasteiger partial charge in [0.2, 0.25) is 0 Å². The van der Waals surface area contributed by atoms with Crippen molar-refractivity contribution in [2.45, 2.75) is 31.2 Å². The van der Waals surface area contributed by atoms with Crippen LogP contribution in [0.5, 0.6) is 0 Å². The fourth-order valence-electron chi connectivity index (χ4n) is 2.47. The molecule has 0 bridgehead atoms. The van der Waals surface area contributed by atoms with Gasteiger partial charge in [0, 0.05) is 29.8 Å². The van der Waals surface area contributed by atoms with Gasteiger partial charge in [-0.1, -0.05) is 32.0 Å². The van der Waals surface area contributed by atoms with Gasteiger partial charge in [-0.05, 0) is 31.1 Å². The van der Waals surface area contributed by atoms with Crippen molar-refractivity contribution >= 4 is 11.8 Å². The molecule has 0 fully saturated rings. The summed E-state index contributed by atoms with van der Waals surface area (Å²) in [6.45, 7) is 9.12. The molecule has 1 heterocycles. The third-order valence-corrected chi connectivity index (χ3v) is 4.69. The second-order valence-electron chi connectivity index (χ2n) is 4.79. The van der Waals surface area contributed by atoms with Crippen molar-refractivity contribution in [3.8, 4) is 0 Å². The minimum Gasteiger partial charge on any atom is -0.308 e. The molecule has 1 N–H and O–H groups in total. The van der Waals surface area contributed by atoms with Gasteiger partial charge in [0.1, 0.15) is 0 Å². The predicted octanol–water partition coefficient (Wildman–Crippen LogP) is 3.15. The van der Waals surface area contributed by atoms with E-state index in [1.807, 2.05) is 11.8 Å². The molecular weight excluding hydrogens is 240 g/mol. The number of nitrogens with zero attached hydrogens (tertiary/aromatic N) is 1. The van der Waals surface area contributed by atoms with Gasteiger partial charge in [-0.25, -0.2) is 0 Å². The van der Waals surface area contributed by atoms with Crippen LogP contribution in [0.25, 0.3) is 0 Å². The molecule has 0 amide bonds. The number of fused-ring (bicyclic) bond motifs is 1. The third-order valence-electron chi connectivity index (χ3n) is 3.51. The number of likely N-dealkylation sites (N-methyl/N-ethyl adjacent to an activating group) is 1. The Bertz CT molecular complexity index is 367. The Morgan fingerprint density at radius 3 is 2.89 bits per heavy atom. The SMILES string of the molecule is CCCN(CC)CCNC1CSc2ccccc21. The van der Waals surface area contributed by atoms with Crippen LogP contribution in [-0.2, 0) is 0 Å². The summed E-state index contributed by atoms with van der Waals surface area (Å²) in [4.78, 5) is 3.97. The van der Waals surface area contributed by atoms with Crippen molar-refractivity contribution in [3.63, 3.8) is 0 Å². The largest absolute Gasteiger partial charge is 0.308 e. The highest BCUT2D eigenvalue weighted by atomic mass is 32.2. The van der Waals surface area contributed by atoms with Crippen LogP contribution in [0.1, 0.15) is 31.9 Å². The number of benzene rings is 1. The van der Waals surface area contributed by atoms with Crippen LogP contribution in [0.4, 0.5) is 0 Å². The first-order valence-electron chi connectivity index (χ1n) is 7.02. The Labute approximate surface area is 115 Å². The lowest BCUT2D eigenvalue weighted by atomic mass is 10.1. The summed E-state index contributed by atoms with van der Waals surface area (Å²) in [5.74, 6) is 1.18. The Morgan fingerprint density at radius 1 is 1.28 bits per heavy atom. The fourth-order valence-corrected chi connectivity index (χ4v) is 3.67. The van der Waals surface area contributed by atoms with Crippen molar-refractivity contribution in [3.05, 3.63) is 29.8 Å². The zero-order chi connectivity index (χ0) is 12.8. The maximum atomic E-state index is 3.70. The minimum absolute atomic E-state index is 0.548. The summed E-state index contributed by atoms with van der Waals surface area (Å²) in [6.07, 6.45) is 1.25. The monoisotopic (exact) mass is 264 g/mol. The molecule has 0 radical (unpaired) electrons. The summed E-state index contributed by atoms with van der Waals surface area (Å²) in [5.41, 5.74) is 1.49. The van der Waals surface area contributed by atoms with Crippen molar-refractivity contribution in [2.24, 2.45) is 0 Å². The van der Waals surface area contributed by atoms with E-state index in [1.165, 1.54) is 29.2 Å². The molecule has 1 unspecified atom stereocenters. The lowest BCUT2D eigenvalue weighted by Gasteiger charge is -2.21. The predicted molar refractivity (Wildman–Crippen MR) is 80.3 cm³/mol. The van der Waals surface area contributed by atoms with Crippen LogP contribution in [-0.4, -0.2) is 36.8 Å². The maximum Gasteiger partial charge on any atom is 0.0426 e. The van der Waals surface area contributed by atoms with Crippen LogP contribution >= 0.6 is 11.8 Å². The summed E-state index contributed by atoms with van der Waals surface area (Å²) >= 11 is 1.97. The fraction of sp³-hybridized carbons (Fsp3) is 0.600. The van der Waals surface area contributed by atoms with Crippen LogP contribution in [0.15, 0.2) is 29.2 Å². The van der Waals surface area contributed by atoms with E-state index in [1.54, 1.807) is 0 Å². The number of hydrogen-bond acceptors (Lipinski definition) is 3. The highest BCUT2D eigenvalue weighted by molar-refractivity contribution is 7.99. The quantitative estimate of drug-likeness (QED) is 0.814. The molecule has 1 aliphatic rings. The highest BCUT2D eigenvalue weighted by Gasteiger charge is 2.21. The molecule has 0 spiro atoms. The van der Waals surface area contributed by atoms with Gasteiger partial charge in [0.15, 0.2) is 0 Å². The maximum absolute atomic E-state index is 3.70. The van der Waals surface area contributed by atoms with Crippen molar-refractivity contribution < 1.29 is 0 Å². The second kappa shape index (κ2) is 7.17. The molecule has 0 saturated heterocycles. The first-order valence-corrected chi connectivity index (χ1v) is 8.01. The van der Waals surface area contributed by atoms with E-state index in [2.05, 4.69) is 48.3 Å². The molecule has 3 heteroatoms. The average molecular weight is 264 g/mol. The number of thioether (sulfide) groups is 1. The minimum atomic E-state index is 0.548. The molecule has 0 aliphatic carbocycles. The zero-order valence-electron chi connectivity index (χ0n) is 11.5. The Morgan fingerprint density at radius 2 is 2.11 bits per heavy atom. The van der Waals surface area contributed by atoms with E-state index in [-0.39, 0.29) is 0 Å². The molecule has 2 rings (SSSR count). The van der Waals surface area contributed by atoms with Gasteiger partial charge in [0.05, 0.1) is 0 Å². The molecule has 2 nitrogen and oxygen atoms in total. The summed E-state index contributed by atoms with van der Waals surface area (Å²) < 4.78 is 0. The molecule has 1 aliphatic heterocycles. The van der Waals surface area contributed by atoms with Crippen LogP contribution in [0, 0.1) is 0 Å². The van der Waals surface area contributed by atoms with Crippen LogP contribution in [0.2, 0.25) is 0 Å². The van der Waals surface area contributed by atoms with E-state index in [0.29, 0.717) is 6.04 Å². The first kappa shape index (κ1) is 13.9. The summed E-state index contributed by atoms with van der Waals surface area (Å²) in [5, 5.41) is 3.70. The van der Waals surface area contributed by atoms with Gasteiger partial charge in [-0.3, -0.25) is 0 Å². The Kier molecular flexibility index (Phi) is 5.54. The molecular formula is C15H24N2S. The number of hydrogen-bond donors (Lipinski definition) is 1. The smallest absolute Gasteiger partial charge is 0.0426 e. The van der Waals surface area contributed by atoms with Gasteiger partial charge < -0.3 is 10.2 Å². The van der Waals surface area contributed by atoms with Crippen LogP contribution < -0.4 is 5.32 Å². The molecule has 1 aromatic carbocycles. The van der Waals surface area contributed by atoms with E-state index < -0.39 is 0 Å². The van der Waals surface area contributed by atoms with E-state index in [0.717, 1.165) is 19.6 Å². The van der Waals surface area contributed by atoms with Crippen molar-refractivity contribution in [2.75, 3.05) is 31.9 Å². The lowest BCUT2D eigenvalue weighted by Crippen LogP contribution is -2.34. The number of rotatable bonds is 7. The van der Waals surface area contributed by atoms with Gasteiger partial charge in [0.25, 0.3) is 0 Å². The van der Waals surface area contributed by atoms with Gasteiger partial charge in [-0.15, -0.1) is 11.8 Å². The Balaban J connectivity index is 1.78. The van der Waals surface area contributed by atoms with Crippen molar-refractivity contribution in [1.29, 1.82) is 0 Å². The normalized spacial score (nSPS) is 18.3. The number of nitrogens with one attached hydrogen (secondary N) is 1. The van der Waals surface area contributed by atoms with E-state index >= 15 is 0 Å². The molecule has 18 heavy (non-hydrogen) atoms. The molecule has 1 aromatic rings. The second-order valence-corrected chi connectivity index (χ2v) is 5.85. The van der Waals surface area contributed by atoms with Gasteiger partial charge in [-0.2, -0.15) is 0 Å². The highest BCUT2D eigenvalue weighted by Crippen LogP contribution is 2.37. The van der Waals surface area contributed by atoms with E-state index in [4.69, 9.17) is 0 Å². The summed E-state index contributed by atoms with van der Waals surface area (Å²) in [7, 11) is 0. The lowest BCUT2D eigenvalue weighted by molar-refractivity contribution is 0.284. The van der Waals surface area contributed by atoms with E-state index in [9.17, 15) is 0 Å². The molecule has 0 aromatic heterocycles. The molecule has 100 valence electrons. The molecule has 0 saturated carbocycles. The zero-order valence-corrected chi connectivity index (χ0v) is 12.3. The Hall–Kier alpha value is -0.510. The molecule has 1 atom stereocenters. The third kappa shape index (κ3) is 3.50. The topological polar surface area (TPSA) is 15.3 Å². The van der Waals surface area contributed by atoms with Crippen molar-refractivity contribution in [1.82, 2.24) is 10.2 Å². The standard InChI is InChI=1S/C15H24N2S/c1-3-10-17(4-2)11-9-16-14-12-18-15-8-6-5-7-13(14)15/h5-8,14,16H,3-4,9-12H2,1-2H3. The summed E-state index contributed by atoms with van der Waals surface area (Å²) in [6, 6.07) is 9.32. The van der Waals surface area contributed by atoms with Gasteiger partial charge >= 0.3 is 0 Å². The van der Waals surface area contributed by atoms with Crippen LogP contribution in [0.3, 0.4) is 0 Å².